The van der Waals surface area contributed by atoms with Gasteiger partial charge in [-0.05, 0) is 30.2 Å². The number of amides is 1. The van der Waals surface area contributed by atoms with Gasteiger partial charge in [-0.2, -0.15) is 0 Å². The van der Waals surface area contributed by atoms with Gasteiger partial charge in [0.1, 0.15) is 24.1 Å². The summed E-state index contributed by atoms with van der Waals surface area (Å²) in [6, 6.07) is 3.55. The zero-order valence-electron chi connectivity index (χ0n) is 12.4. The van der Waals surface area contributed by atoms with Crippen molar-refractivity contribution in [1.29, 1.82) is 0 Å². The molecule has 0 saturated carbocycles. The first-order valence-corrected chi connectivity index (χ1v) is 7.01. The molecular formula is C15H17F2NO5. The SMILES string of the molecule is COc1ccc2c(c1)CC(C(=O)NC(CC(F)F)C(=O)O)CO2. The Labute approximate surface area is 131 Å². The molecule has 1 heterocycles. The number of rotatable bonds is 6. The molecule has 23 heavy (non-hydrogen) atoms. The van der Waals surface area contributed by atoms with E-state index in [9.17, 15) is 18.4 Å². The number of fused-ring (bicyclic) bond motifs is 1. The van der Waals surface area contributed by atoms with Gasteiger partial charge >= 0.3 is 5.97 Å². The maximum absolute atomic E-state index is 12.4. The number of alkyl halides is 2. The molecule has 0 saturated heterocycles. The first-order chi connectivity index (χ1) is 10.9. The van der Waals surface area contributed by atoms with Crippen LogP contribution in [0.5, 0.6) is 11.5 Å². The summed E-state index contributed by atoms with van der Waals surface area (Å²) in [5.74, 6) is -1.52. The van der Waals surface area contributed by atoms with Crippen LogP contribution in [-0.2, 0) is 16.0 Å². The Bertz CT molecular complexity index is 593. The first-order valence-electron chi connectivity index (χ1n) is 7.01. The quantitative estimate of drug-likeness (QED) is 0.826. The largest absolute Gasteiger partial charge is 0.497 e. The molecule has 2 N–H and O–H groups in total. The average Bonchev–Trinajstić information content (AvgIpc) is 2.52. The van der Waals surface area contributed by atoms with Crippen molar-refractivity contribution in [2.75, 3.05) is 13.7 Å². The summed E-state index contributed by atoms with van der Waals surface area (Å²) in [6.07, 6.45) is -3.43. The molecule has 2 unspecified atom stereocenters. The summed E-state index contributed by atoms with van der Waals surface area (Å²) in [5, 5.41) is 11.0. The van der Waals surface area contributed by atoms with Gasteiger partial charge in [0, 0.05) is 6.42 Å². The Morgan fingerprint density at radius 3 is 2.83 bits per heavy atom. The Balaban J connectivity index is 2.04. The van der Waals surface area contributed by atoms with Crippen LogP contribution in [0.1, 0.15) is 12.0 Å². The molecule has 126 valence electrons. The van der Waals surface area contributed by atoms with Gasteiger partial charge in [-0.25, -0.2) is 13.6 Å². The van der Waals surface area contributed by atoms with Crippen LogP contribution in [0.4, 0.5) is 8.78 Å². The third kappa shape index (κ3) is 4.30. The standard InChI is InChI=1S/C15H17F2NO5/c1-22-10-2-3-12-8(5-10)4-9(7-23-12)14(19)18-11(15(20)21)6-13(16)17/h2-3,5,9,11,13H,4,6-7H2,1H3,(H,18,19)(H,20,21). The van der Waals surface area contributed by atoms with Crippen molar-refractivity contribution in [3.05, 3.63) is 23.8 Å². The molecule has 0 bridgehead atoms. The predicted octanol–water partition coefficient (Wildman–Crippen LogP) is 1.47. The normalized spacial score (nSPS) is 17.8. The second-order valence-electron chi connectivity index (χ2n) is 5.21. The van der Waals surface area contributed by atoms with Gasteiger partial charge in [-0.3, -0.25) is 4.79 Å². The van der Waals surface area contributed by atoms with Crippen molar-refractivity contribution in [3.8, 4) is 11.5 Å². The Hall–Kier alpha value is -2.38. The summed E-state index contributed by atoms with van der Waals surface area (Å²) in [6.45, 7) is 0.0617. The van der Waals surface area contributed by atoms with Crippen LogP contribution >= 0.6 is 0 Å². The molecule has 0 radical (unpaired) electrons. The highest BCUT2D eigenvalue weighted by molar-refractivity contribution is 5.85. The third-order valence-electron chi connectivity index (χ3n) is 3.57. The lowest BCUT2D eigenvalue weighted by Crippen LogP contribution is -2.46. The smallest absolute Gasteiger partial charge is 0.326 e. The van der Waals surface area contributed by atoms with Crippen molar-refractivity contribution in [3.63, 3.8) is 0 Å². The molecule has 1 aromatic carbocycles. The molecule has 1 aliphatic heterocycles. The number of benzene rings is 1. The fourth-order valence-corrected chi connectivity index (χ4v) is 2.36. The number of carbonyl (C=O) groups excluding carboxylic acids is 1. The van der Waals surface area contributed by atoms with Crippen LogP contribution in [-0.4, -0.2) is 43.2 Å². The van der Waals surface area contributed by atoms with Gasteiger partial charge < -0.3 is 19.9 Å². The fourth-order valence-electron chi connectivity index (χ4n) is 2.36. The van der Waals surface area contributed by atoms with E-state index in [1.54, 1.807) is 18.2 Å². The zero-order chi connectivity index (χ0) is 17.0. The summed E-state index contributed by atoms with van der Waals surface area (Å²) in [5.41, 5.74) is 0.747. The van der Waals surface area contributed by atoms with E-state index in [1.807, 2.05) is 0 Å². The minimum atomic E-state index is -2.82. The Morgan fingerprint density at radius 2 is 2.22 bits per heavy atom. The van der Waals surface area contributed by atoms with E-state index >= 15 is 0 Å². The van der Waals surface area contributed by atoms with Crippen LogP contribution in [0.15, 0.2) is 18.2 Å². The molecule has 0 aliphatic carbocycles. The Morgan fingerprint density at radius 1 is 1.48 bits per heavy atom. The highest BCUT2D eigenvalue weighted by Gasteiger charge is 2.31. The maximum Gasteiger partial charge on any atom is 0.326 e. The first kappa shape index (κ1) is 17.0. The van der Waals surface area contributed by atoms with E-state index in [0.29, 0.717) is 17.9 Å². The van der Waals surface area contributed by atoms with Crippen LogP contribution in [0.2, 0.25) is 0 Å². The number of carboxylic acids is 1. The van der Waals surface area contributed by atoms with Crippen LogP contribution in [0.25, 0.3) is 0 Å². The van der Waals surface area contributed by atoms with Gasteiger partial charge in [0.2, 0.25) is 12.3 Å². The summed E-state index contributed by atoms with van der Waals surface area (Å²) < 4.78 is 35.3. The van der Waals surface area contributed by atoms with Crippen molar-refractivity contribution < 1.29 is 33.0 Å². The highest BCUT2D eigenvalue weighted by atomic mass is 19.3. The number of hydrogen-bond donors (Lipinski definition) is 2. The fraction of sp³-hybridized carbons (Fsp3) is 0.467. The average molecular weight is 329 g/mol. The zero-order valence-corrected chi connectivity index (χ0v) is 12.4. The minimum absolute atomic E-state index is 0.0617. The number of nitrogens with one attached hydrogen (secondary N) is 1. The van der Waals surface area contributed by atoms with Gasteiger partial charge in [0.15, 0.2) is 0 Å². The van der Waals surface area contributed by atoms with Crippen LogP contribution in [0.3, 0.4) is 0 Å². The molecule has 0 spiro atoms. The van der Waals surface area contributed by atoms with E-state index in [4.69, 9.17) is 14.6 Å². The number of ether oxygens (including phenoxy) is 2. The molecule has 6 nitrogen and oxygen atoms in total. The molecule has 1 aliphatic rings. The van der Waals surface area contributed by atoms with Crippen LogP contribution < -0.4 is 14.8 Å². The number of aliphatic carboxylic acids is 1. The van der Waals surface area contributed by atoms with E-state index in [2.05, 4.69) is 5.32 Å². The van der Waals surface area contributed by atoms with Gasteiger partial charge in [0.05, 0.1) is 13.0 Å². The highest BCUT2D eigenvalue weighted by Crippen LogP contribution is 2.30. The van der Waals surface area contributed by atoms with E-state index in [0.717, 1.165) is 5.56 Å². The third-order valence-corrected chi connectivity index (χ3v) is 3.57. The lowest BCUT2D eigenvalue weighted by molar-refractivity contribution is -0.144. The van der Waals surface area contributed by atoms with E-state index in [-0.39, 0.29) is 6.61 Å². The van der Waals surface area contributed by atoms with Gasteiger partial charge in [-0.15, -0.1) is 0 Å². The lowest BCUT2D eigenvalue weighted by Gasteiger charge is -2.26. The minimum Gasteiger partial charge on any atom is -0.497 e. The summed E-state index contributed by atoms with van der Waals surface area (Å²) in [4.78, 5) is 23.1. The summed E-state index contributed by atoms with van der Waals surface area (Å²) in [7, 11) is 1.51. The number of methoxy groups -OCH3 is 1. The van der Waals surface area contributed by atoms with Gasteiger partial charge in [0.25, 0.3) is 0 Å². The number of carboxylic acid groups (broad SMARTS) is 1. The molecule has 2 atom stereocenters. The molecule has 2 rings (SSSR count). The van der Waals surface area contributed by atoms with Crippen LogP contribution in [0, 0.1) is 5.92 Å². The number of carbonyl (C=O) groups is 2. The molecule has 8 heteroatoms. The Kier molecular flexibility index (Phi) is 5.36. The molecule has 1 aromatic rings. The second kappa shape index (κ2) is 7.26. The summed E-state index contributed by atoms with van der Waals surface area (Å²) >= 11 is 0. The van der Waals surface area contributed by atoms with E-state index in [1.165, 1.54) is 7.11 Å². The molecule has 1 amide bonds. The van der Waals surface area contributed by atoms with Crippen molar-refractivity contribution >= 4 is 11.9 Å². The maximum atomic E-state index is 12.4. The monoisotopic (exact) mass is 329 g/mol. The topological polar surface area (TPSA) is 84.9 Å². The molecule has 0 aromatic heterocycles. The van der Waals surface area contributed by atoms with Crippen molar-refractivity contribution in [1.82, 2.24) is 5.32 Å². The number of halogens is 2. The number of hydrogen-bond acceptors (Lipinski definition) is 4. The van der Waals surface area contributed by atoms with Crippen molar-refractivity contribution in [2.24, 2.45) is 5.92 Å². The predicted molar refractivity (Wildman–Crippen MR) is 75.9 cm³/mol. The lowest BCUT2D eigenvalue weighted by atomic mass is 9.95. The molecular weight excluding hydrogens is 312 g/mol. The van der Waals surface area contributed by atoms with Crippen molar-refractivity contribution in [2.45, 2.75) is 25.3 Å². The van der Waals surface area contributed by atoms with Gasteiger partial charge in [-0.1, -0.05) is 0 Å². The second-order valence-corrected chi connectivity index (χ2v) is 5.21. The molecule has 0 fully saturated rings. The van der Waals surface area contributed by atoms with E-state index < -0.39 is 36.7 Å².